The molecule has 2 aromatic rings. The first-order valence-electron chi connectivity index (χ1n) is 4.10. The number of rotatable bonds is 1. The summed E-state index contributed by atoms with van der Waals surface area (Å²) in [4.78, 5) is 9.58. The summed E-state index contributed by atoms with van der Waals surface area (Å²) in [5, 5.41) is 1.65. The highest BCUT2D eigenvalue weighted by molar-refractivity contribution is 7.18. The van der Waals surface area contributed by atoms with Crippen LogP contribution in [0.5, 0.6) is 0 Å². The molecule has 0 unspecified atom stereocenters. The van der Waals surface area contributed by atoms with E-state index in [4.69, 9.17) is 11.6 Å². The molecule has 0 bridgehead atoms. The number of fused-ring (bicyclic) bond motifs is 1. The van der Waals surface area contributed by atoms with Gasteiger partial charge in [-0.25, -0.2) is 9.97 Å². The minimum atomic E-state index is 0.456. The fourth-order valence-corrected chi connectivity index (χ4v) is 2.20. The first-order valence-corrected chi connectivity index (χ1v) is 5.29. The predicted molar refractivity (Wildman–Crippen MR) is 56.5 cm³/mol. The molecule has 2 aromatic heterocycles. The summed E-state index contributed by atoms with van der Waals surface area (Å²) >= 11 is 7.39. The molecule has 0 amide bonds. The first-order chi connectivity index (χ1) is 6.16. The van der Waals surface area contributed by atoms with E-state index in [0.29, 0.717) is 11.1 Å². The second-order valence-electron chi connectivity index (χ2n) is 3.17. The topological polar surface area (TPSA) is 25.8 Å². The third-order valence-corrected chi connectivity index (χ3v) is 3.21. The Bertz CT molecular complexity index is 436. The van der Waals surface area contributed by atoms with Crippen molar-refractivity contribution < 1.29 is 0 Å². The van der Waals surface area contributed by atoms with Gasteiger partial charge < -0.3 is 0 Å². The Balaban J connectivity index is 2.62. The molecule has 0 aromatic carbocycles. The minimum absolute atomic E-state index is 0.456. The maximum Gasteiger partial charge on any atom is 0.145 e. The van der Waals surface area contributed by atoms with E-state index in [9.17, 15) is 0 Å². The van der Waals surface area contributed by atoms with Gasteiger partial charge in [-0.1, -0.05) is 36.8 Å². The highest BCUT2D eigenvalue weighted by atomic mass is 35.5. The third kappa shape index (κ3) is 1.67. The standard InChI is InChI=1S/C9H9ClN2S/c1-5(2)8-11-6-3-4-7(10)12-9(6)13-8/h3-5H,1-2H3. The molecule has 0 saturated carbocycles. The van der Waals surface area contributed by atoms with E-state index < -0.39 is 0 Å². The number of pyridine rings is 1. The Morgan fingerprint density at radius 3 is 2.77 bits per heavy atom. The lowest BCUT2D eigenvalue weighted by atomic mass is 10.2. The molecule has 0 fully saturated rings. The molecule has 0 N–H and O–H groups in total. The molecular formula is C9H9ClN2S. The molecular weight excluding hydrogens is 204 g/mol. The lowest BCUT2D eigenvalue weighted by Gasteiger charge is -1.94. The molecule has 2 nitrogen and oxygen atoms in total. The van der Waals surface area contributed by atoms with Crippen LogP contribution in [0.25, 0.3) is 10.3 Å². The quantitative estimate of drug-likeness (QED) is 0.677. The number of aromatic nitrogens is 2. The first kappa shape index (κ1) is 8.91. The van der Waals surface area contributed by atoms with Crippen molar-refractivity contribution in [3.8, 4) is 0 Å². The Morgan fingerprint density at radius 2 is 2.08 bits per heavy atom. The Hall–Kier alpha value is -0.670. The van der Waals surface area contributed by atoms with E-state index in [1.54, 1.807) is 17.4 Å². The molecule has 13 heavy (non-hydrogen) atoms. The normalized spacial score (nSPS) is 11.4. The van der Waals surface area contributed by atoms with Gasteiger partial charge in [-0.2, -0.15) is 0 Å². The average Bonchev–Trinajstić information content (AvgIpc) is 2.46. The molecule has 0 radical (unpaired) electrons. The van der Waals surface area contributed by atoms with Crippen molar-refractivity contribution in [2.75, 3.05) is 0 Å². The van der Waals surface area contributed by atoms with Crippen LogP contribution in [0.1, 0.15) is 24.8 Å². The Labute approximate surface area is 85.6 Å². The van der Waals surface area contributed by atoms with Crippen LogP contribution in [0.2, 0.25) is 5.15 Å². The van der Waals surface area contributed by atoms with Gasteiger partial charge in [-0.15, -0.1) is 0 Å². The van der Waals surface area contributed by atoms with Crippen LogP contribution in [0, 0.1) is 0 Å². The van der Waals surface area contributed by atoms with Crippen LogP contribution < -0.4 is 0 Å². The van der Waals surface area contributed by atoms with Gasteiger partial charge in [-0.3, -0.25) is 0 Å². The molecule has 0 saturated heterocycles. The van der Waals surface area contributed by atoms with E-state index in [1.165, 1.54) is 0 Å². The lowest BCUT2D eigenvalue weighted by Crippen LogP contribution is -1.82. The van der Waals surface area contributed by atoms with E-state index in [1.807, 2.05) is 6.07 Å². The van der Waals surface area contributed by atoms with E-state index >= 15 is 0 Å². The zero-order valence-corrected chi connectivity index (χ0v) is 8.99. The van der Waals surface area contributed by atoms with Crippen LogP contribution in [0.4, 0.5) is 0 Å². The van der Waals surface area contributed by atoms with E-state index in [0.717, 1.165) is 15.4 Å². The van der Waals surface area contributed by atoms with Gasteiger partial charge in [0.25, 0.3) is 0 Å². The van der Waals surface area contributed by atoms with Gasteiger partial charge in [0.2, 0.25) is 0 Å². The summed E-state index contributed by atoms with van der Waals surface area (Å²) in [5.41, 5.74) is 0.943. The van der Waals surface area contributed by atoms with Crippen LogP contribution in [-0.2, 0) is 0 Å². The summed E-state index contributed by atoms with van der Waals surface area (Å²) in [6.07, 6.45) is 0. The van der Waals surface area contributed by atoms with Crippen LogP contribution in [-0.4, -0.2) is 9.97 Å². The minimum Gasteiger partial charge on any atom is -0.239 e. The molecule has 68 valence electrons. The van der Waals surface area contributed by atoms with Crippen molar-refractivity contribution in [1.82, 2.24) is 9.97 Å². The second-order valence-corrected chi connectivity index (χ2v) is 4.56. The summed E-state index contributed by atoms with van der Waals surface area (Å²) in [5.74, 6) is 0.456. The van der Waals surface area contributed by atoms with Crippen molar-refractivity contribution >= 4 is 33.3 Å². The molecule has 0 aliphatic carbocycles. The molecule has 2 heterocycles. The van der Waals surface area contributed by atoms with E-state index in [2.05, 4.69) is 23.8 Å². The van der Waals surface area contributed by atoms with Gasteiger partial charge >= 0.3 is 0 Å². The largest absolute Gasteiger partial charge is 0.239 e. The number of thiazole rings is 1. The van der Waals surface area contributed by atoms with Crippen LogP contribution in [0.3, 0.4) is 0 Å². The fraction of sp³-hybridized carbons (Fsp3) is 0.333. The number of hydrogen-bond acceptors (Lipinski definition) is 3. The van der Waals surface area contributed by atoms with Gasteiger partial charge in [0.05, 0.1) is 5.01 Å². The summed E-state index contributed by atoms with van der Waals surface area (Å²) in [6.45, 7) is 4.25. The van der Waals surface area contributed by atoms with Crippen molar-refractivity contribution in [3.63, 3.8) is 0 Å². The second kappa shape index (κ2) is 3.24. The maximum atomic E-state index is 5.78. The highest BCUT2D eigenvalue weighted by Gasteiger charge is 2.07. The number of hydrogen-bond donors (Lipinski definition) is 0. The SMILES string of the molecule is CC(C)c1nc2ccc(Cl)nc2s1. The average molecular weight is 213 g/mol. The monoisotopic (exact) mass is 212 g/mol. The zero-order valence-electron chi connectivity index (χ0n) is 7.41. The van der Waals surface area contributed by atoms with Gasteiger partial charge in [0.1, 0.15) is 15.5 Å². The van der Waals surface area contributed by atoms with Gasteiger partial charge in [0, 0.05) is 5.92 Å². The summed E-state index contributed by atoms with van der Waals surface area (Å²) in [7, 11) is 0. The van der Waals surface area contributed by atoms with Crippen LogP contribution >= 0.6 is 22.9 Å². The van der Waals surface area contributed by atoms with E-state index in [-0.39, 0.29) is 0 Å². The predicted octanol–water partition coefficient (Wildman–Crippen LogP) is 3.47. The maximum absolute atomic E-state index is 5.78. The molecule has 4 heteroatoms. The molecule has 0 aliphatic heterocycles. The lowest BCUT2D eigenvalue weighted by molar-refractivity contribution is 0.857. The van der Waals surface area contributed by atoms with Crippen molar-refractivity contribution in [1.29, 1.82) is 0 Å². The van der Waals surface area contributed by atoms with Crippen molar-refractivity contribution in [2.45, 2.75) is 19.8 Å². The third-order valence-electron chi connectivity index (χ3n) is 1.73. The van der Waals surface area contributed by atoms with Crippen LogP contribution in [0.15, 0.2) is 12.1 Å². The molecule has 0 aliphatic rings. The molecule has 0 spiro atoms. The number of halogens is 1. The van der Waals surface area contributed by atoms with Gasteiger partial charge in [-0.05, 0) is 12.1 Å². The molecule has 0 atom stereocenters. The summed E-state index contributed by atoms with van der Waals surface area (Å²) in [6, 6.07) is 3.68. The molecule has 2 rings (SSSR count). The Morgan fingerprint density at radius 1 is 1.31 bits per heavy atom. The van der Waals surface area contributed by atoms with Crippen molar-refractivity contribution in [2.24, 2.45) is 0 Å². The van der Waals surface area contributed by atoms with Gasteiger partial charge in [0.15, 0.2) is 0 Å². The number of nitrogens with zero attached hydrogens (tertiary/aromatic N) is 2. The zero-order chi connectivity index (χ0) is 9.42. The highest BCUT2D eigenvalue weighted by Crippen LogP contribution is 2.26. The Kier molecular flexibility index (Phi) is 2.22. The smallest absolute Gasteiger partial charge is 0.145 e. The van der Waals surface area contributed by atoms with Crippen molar-refractivity contribution in [3.05, 3.63) is 22.3 Å². The fourth-order valence-electron chi connectivity index (χ4n) is 1.06. The summed E-state index contributed by atoms with van der Waals surface area (Å²) < 4.78 is 0.